The van der Waals surface area contributed by atoms with Gasteiger partial charge in [0.25, 0.3) is 0 Å². The van der Waals surface area contributed by atoms with Crippen LogP contribution in [0.1, 0.15) is 31.1 Å². The first kappa shape index (κ1) is 19.0. The van der Waals surface area contributed by atoms with E-state index in [-0.39, 0.29) is 11.9 Å². The van der Waals surface area contributed by atoms with Crippen LogP contribution in [-0.2, 0) is 4.74 Å². The van der Waals surface area contributed by atoms with E-state index in [1.54, 1.807) is 23.1 Å². The summed E-state index contributed by atoms with van der Waals surface area (Å²) in [7, 11) is 0. The van der Waals surface area contributed by atoms with E-state index in [1.165, 1.54) is 0 Å². The summed E-state index contributed by atoms with van der Waals surface area (Å²) >= 11 is 11.8. The molecule has 0 atom stereocenters. The number of amides is 1. The molecule has 1 aliphatic heterocycles. The zero-order valence-corrected chi connectivity index (χ0v) is 15.7. The molecule has 0 aliphatic carbocycles. The van der Waals surface area contributed by atoms with E-state index in [0.29, 0.717) is 48.3 Å². The molecule has 0 unspecified atom stereocenters. The lowest BCUT2D eigenvalue weighted by molar-refractivity contribution is 0.0149. The fourth-order valence-corrected chi connectivity index (χ4v) is 2.68. The van der Waals surface area contributed by atoms with Gasteiger partial charge in [0.15, 0.2) is 5.78 Å². The summed E-state index contributed by atoms with van der Waals surface area (Å²) in [5.74, 6) is -0.0146. The molecule has 1 fully saturated rings. The first-order valence-corrected chi connectivity index (χ1v) is 8.60. The zero-order chi connectivity index (χ0) is 17.9. The first-order valence-electron chi connectivity index (χ1n) is 7.84. The molecule has 1 aromatic carbocycles. The van der Waals surface area contributed by atoms with Crippen LogP contribution in [0.2, 0.25) is 10.0 Å². The van der Waals surface area contributed by atoms with E-state index in [1.807, 2.05) is 25.7 Å². The van der Waals surface area contributed by atoms with Crippen molar-refractivity contribution in [3.63, 3.8) is 0 Å². The Morgan fingerprint density at radius 3 is 2.25 bits per heavy atom. The second kappa shape index (κ2) is 7.72. The first-order chi connectivity index (χ1) is 11.2. The average Bonchev–Trinajstić information content (AvgIpc) is 2.49. The van der Waals surface area contributed by atoms with Crippen LogP contribution in [0.4, 0.5) is 4.79 Å². The summed E-state index contributed by atoms with van der Waals surface area (Å²) in [4.78, 5) is 28.0. The van der Waals surface area contributed by atoms with Crippen LogP contribution in [0.5, 0.6) is 0 Å². The molecular formula is C17H22Cl2N2O3. The van der Waals surface area contributed by atoms with Gasteiger partial charge < -0.3 is 9.64 Å². The van der Waals surface area contributed by atoms with E-state index in [0.717, 1.165) is 0 Å². The molecule has 1 aliphatic rings. The number of carbonyl (C=O) groups excluding carboxylic acids is 2. The second-order valence-corrected chi connectivity index (χ2v) is 7.61. The van der Waals surface area contributed by atoms with Crippen LogP contribution >= 0.6 is 23.2 Å². The molecule has 1 saturated heterocycles. The fourth-order valence-electron chi connectivity index (χ4n) is 2.38. The van der Waals surface area contributed by atoms with Crippen LogP contribution in [0.3, 0.4) is 0 Å². The number of hydrogen-bond donors (Lipinski definition) is 0. The van der Waals surface area contributed by atoms with Crippen LogP contribution in [-0.4, -0.2) is 60.0 Å². The number of nitrogens with zero attached hydrogens (tertiary/aromatic N) is 2. The smallest absolute Gasteiger partial charge is 0.410 e. The molecular weight excluding hydrogens is 351 g/mol. The number of halogens is 2. The quantitative estimate of drug-likeness (QED) is 0.758. The Labute approximate surface area is 152 Å². The molecule has 1 aromatic rings. The fraction of sp³-hybridized carbons (Fsp3) is 0.529. The standard InChI is InChI=1S/C17H22Cl2N2O3/c1-17(2,3)24-16(23)21-8-6-20(7-9-21)11-15(22)12-4-5-13(18)14(19)10-12/h4-5,10H,6-9,11H2,1-3H3. The predicted octanol–water partition coefficient (Wildman–Crippen LogP) is 3.73. The predicted molar refractivity (Wildman–Crippen MR) is 95.0 cm³/mol. The Kier molecular flexibility index (Phi) is 6.12. The van der Waals surface area contributed by atoms with Gasteiger partial charge in [-0.3, -0.25) is 9.69 Å². The lowest BCUT2D eigenvalue weighted by atomic mass is 10.1. The van der Waals surface area contributed by atoms with E-state index in [2.05, 4.69) is 0 Å². The molecule has 0 N–H and O–H groups in total. The Balaban J connectivity index is 1.85. The SMILES string of the molecule is CC(C)(C)OC(=O)N1CCN(CC(=O)c2ccc(Cl)c(Cl)c2)CC1. The van der Waals surface area contributed by atoms with Gasteiger partial charge in [-0.1, -0.05) is 23.2 Å². The number of Topliss-reactive ketones (excluding diaryl/α,β-unsaturated/α-hetero) is 1. The van der Waals surface area contributed by atoms with Gasteiger partial charge in [0.05, 0.1) is 16.6 Å². The summed E-state index contributed by atoms with van der Waals surface area (Å²) < 4.78 is 5.36. The number of benzene rings is 1. The van der Waals surface area contributed by atoms with Crippen LogP contribution in [0.15, 0.2) is 18.2 Å². The Morgan fingerprint density at radius 1 is 1.08 bits per heavy atom. The molecule has 0 saturated carbocycles. The largest absolute Gasteiger partial charge is 0.444 e. The molecule has 0 bridgehead atoms. The molecule has 5 nitrogen and oxygen atoms in total. The van der Waals surface area contributed by atoms with Crippen LogP contribution < -0.4 is 0 Å². The van der Waals surface area contributed by atoms with Gasteiger partial charge in [0.1, 0.15) is 5.60 Å². The maximum atomic E-state index is 12.3. The highest BCUT2D eigenvalue weighted by Crippen LogP contribution is 2.23. The molecule has 0 radical (unpaired) electrons. The molecule has 7 heteroatoms. The van der Waals surface area contributed by atoms with Gasteiger partial charge in [-0.2, -0.15) is 0 Å². The maximum Gasteiger partial charge on any atom is 0.410 e. The van der Waals surface area contributed by atoms with Gasteiger partial charge in [-0.05, 0) is 39.0 Å². The lowest BCUT2D eigenvalue weighted by Crippen LogP contribution is -2.51. The summed E-state index contributed by atoms with van der Waals surface area (Å²) in [6.45, 7) is 8.18. The second-order valence-electron chi connectivity index (χ2n) is 6.80. The average molecular weight is 373 g/mol. The van der Waals surface area contributed by atoms with Crippen molar-refractivity contribution in [1.82, 2.24) is 9.80 Å². The normalized spacial score (nSPS) is 16.1. The highest BCUT2D eigenvalue weighted by atomic mass is 35.5. The van der Waals surface area contributed by atoms with E-state index in [4.69, 9.17) is 27.9 Å². The highest BCUT2D eigenvalue weighted by molar-refractivity contribution is 6.42. The zero-order valence-electron chi connectivity index (χ0n) is 14.1. The minimum absolute atomic E-state index is 0.0146. The van der Waals surface area contributed by atoms with Crippen LogP contribution in [0.25, 0.3) is 0 Å². The topological polar surface area (TPSA) is 49.9 Å². The molecule has 132 valence electrons. The van der Waals surface area contributed by atoms with Crippen molar-refractivity contribution in [3.8, 4) is 0 Å². The molecule has 1 amide bonds. The summed E-state index contributed by atoms with van der Waals surface area (Å²) in [6, 6.07) is 4.88. The van der Waals surface area contributed by atoms with Crippen molar-refractivity contribution >= 4 is 35.1 Å². The number of carbonyl (C=O) groups is 2. The Bertz CT molecular complexity index is 621. The van der Waals surface area contributed by atoms with Crippen molar-refractivity contribution in [3.05, 3.63) is 33.8 Å². The van der Waals surface area contributed by atoms with Crippen molar-refractivity contribution in [2.45, 2.75) is 26.4 Å². The molecule has 0 aromatic heterocycles. The number of rotatable bonds is 3. The van der Waals surface area contributed by atoms with Crippen molar-refractivity contribution in [2.75, 3.05) is 32.7 Å². The Hall–Kier alpha value is -1.30. The molecule has 1 heterocycles. The van der Waals surface area contributed by atoms with Gasteiger partial charge in [0.2, 0.25) is 0 Å². The lowest BCUT2D eigenvalue weighted by Gasteiger charge is -2.35. The molecule has 24 heavy (non-hydrogen) atoms. The summed E-state index contributed by atoms with van der Waals surface area (Å²) in [5, 5.41) is 0.802. The third-order valence-electron chi connectivity index (χ3n) is 3.63. The minimum atomic E-state index is -0.502. The van der Waals surface area contributed by atoms with Crippen molar-refractivity contribution < 1.29 is 14.3 Å². The number of piperazine rings is 1. The maximum absolute atomic E-state index is 12.3. The minimum Gasteiger partial charge on any atom is -0.444 e. The van der Waals surface area contributed by atoms with Crippen LogP contribution in [0, 0.1) is 0 Å². The molecule has 2 rings (SSSR count). The van der Waals surface area contributed by atoms with Gasteiger partial charge in [-0.15, -0.1) is 0 Å². The van der Waals surface area contributed by atoms with E-state index >= 15 is 0 Å². The van der Waals surface area contributed by atoms with Crippen molar-refractivity contribution in [2.24, 2.45) is 0 Å². The molecule has 0 spiro atoms. The summed E-state index contributed by atoms with van der Waals surface area (Å²) in [5.41, 5.74) is 0.0388. The van der Waals surface area contributed by atoms with E-state index < -0.39 is 5.60 Å². The Morgan fingerprint density at radius 2 is 1.71 bits per heavy atom. The number of ether oxygens (including phenoxy) is 1. The number of hydrogen-bond acceptors (Lipinski definition) is 4. The van der Waals surface area contributed by atoms with Crippen molar-refractivity contribution in [1.29, 1.82) is 0 Å². The van der Waals surface area contributed by atoms with Gasteiger partial charge >= 0.3 is 6.09 Å². The monoisotopic (exact) mass is 372 g/mol. The highest BCUT2D eigenvalue weighted by Gasteiger charge is 2.26. The van der Waals surface area contributed by atoms with Gasteiger partial charge in [-0.25, -0.2) is 4.79 Å². The third kappa shape index (κ3) is 5.36. The summed E-state index contributed by atoms with van der Waals surface area (Å²) in [6.07, 6.45) is -0.307. The van der Waals surface area contributed by atoms with E-state index in [9.17, 15) is 9.59 Å². The number of ketones is 1. The third-order valence-corrected chi connectivity index (χ3v) is 4.37. The van der Waals surface area contributed by atoms with Gasteiger partial charge in [0, 0.05) is 31.7 Å².